The summed E-state index contributed by atoms with van der Waals surface area (Å²) in [5.74, 6) is -0.729. The van der Waals surface area contributed by atoms with Crippen LogP contribution in [-0.2, 0) is 11.4 Å². The number of carboxylic acids is 1. The van der Waals surface area contributed by atoms with E-state index in [1.165, 1.54) is 0 Å². The summed E-state index contributed by atoms with van der Waals surface area (Å²) in [6.45, 7) is 9.95. The average Bonchev–Trinajstić information content (AvgIpc) is 2.82. The number of aryl methyl sites for hydroxylation is 2. The van der Waals surface area contributed by atoms with E-state index in [1.54, 1.807) is 49.4 Å². The maximum absolute atomic E-state index is 12.7. The fourth-order valence-electron chi connectivity index (χ4n) is 3.73. The van der Waals surface area contributed by atoms with Crippen LogP contribution in [0.3, 0.4) is 0 Å². The van der Waals surface area contributed by atoms with Gasteiger partial charge in [-0.25, -0.2) is 4.79 Å². The lowest BCUT2D eigenvalue weighted by Gasteiger charge is -2.31. The standard InChI is InChI=1S/C28H31NO5/c1-6-28(27(31)32,29-26(30)22-13-8-7-9-14-22)34-25-16-15-24(20(4)21(25)5)33-17-23-18(2)11-10-12-19(23)3/h7-16H,6,17H2,1-5H3,(H,29,30)(H,31,32). The topological polar surface area (TPSA) is 84.9 Å². The van der Waals surface area contributed by atoms with Gasteiger partial charge in [-0.3, -0.25) is 4.79 Å². The Kier molecular flexibility index (Phi) is 7.61. The van der Waals surface area contributed by atoms with Crippen LogP contribution in [0.5, 0.6) is 11.5 Å². The average molecular weight is 462 g/mol. The van der Waals surface area contributed by atoms with E-state index >= 15 is 0 Å². The third-order valence-electron chi connectivity index (χ3n) is 6.18. The Bertz CT molecular complexity index is 1170. The fourth-order valence-corrected chi connectivity index (χ4v) is 3.73. The highest BCUT2D eigenvalue weighted by molar-refractivity contribution is 5.97. The first kappa shape index (κ1) is 24.8. The zero-order chi connectivity index (χ0) is 24.9. The molecule has 3 rings (SSSR count). The first-order valence-corrected chi connectivity index (χ1v) is 11.3. The number of amides is 1. The highest BCUT2D eigenvalue weighted by atomic mass is 16.5. The predicted octanol–water partition coefficient (Wildman–Crippen LogP) is 5.50. The molecule has 0 aliphatic carbocycles. The number of carbonyl (C=O) groups excluding carboxylic acids is 1. The molecule has 1 unspecified atom stereocenters. The molecular formula is C28H31NO5. The van der Waals surface area contributed by atoms with Crippen LogP contribution in [0.25, 0.3) is 0 Å². The van der Waals surface area contributed by atoms with Crippen molar-refractivity contribution in [3.63, 3.8) is 0 Å². The number of ether oxygens (including phenoxy) is 2. The van der Waals surface area contributed by atoms with Crippen LogP contribution in [-0.4, -0.2) is 22.7 Å². The molecule has 1 amide bonds. The third-order valence-corrected chi connectivity index (χ3v) is 6.18. The molecule has 2 N–H and O–H groups in total. The molecule has 3 aromatic rings. The monoisotopic (exact) mass is 461 g/mol. The Morgan fingerprint density at radius 3 is 2.03 bits per heavy atom. The van der Waals surface area contributed by atoms with Gasteiger partial charge in [0.2, 0.25) is 0 Å². The Balaban J connectivity index is 1.84. The van der Waals surface area contributed by atoms with E-state index in [0.29, 0.717) is 23.7 Å². The molecule has 0 radical (unpaired) electrons. The van der Waals surface area contributed by atoms with Crippen molar-refractivity contribution >= 4 is 11.9 Å². The molecule has 0 fully saturated rings. The Morgan fingerprint density at radius 1 is 0.853 bits per heavy atom. The molecule has 1 atom stereocenters. The van der Waals surface area contributed by atoms with Crippen LogP contribution in [0.1, 0.15) is 51.5 Å². The van der Waals surface area contributed by atoms with Gasteiger partial charge in [0.1, 0.15) is 18.1 Å². The number of benzene rings is 3. The van der Waals surface area contributed by atoms with Gasteiger partial charge in [-0.1, -0.05) is 43.3 Å². The molecule has 0 spiro atoms. The lowest BCUT2D eigenvalue weighted by atomic mass is 10.0. The highest BCUT2D eigenvalue weighted by Crippen LogP contribution is 2.33. The number of hydrogen-bond acceptors (Lipinski definition) is 4. The van der Waals surface area contributed by atoms with E-state index in [1.807, 2.05) is 19.9 Å². The number of nitrogens with one attached hydrogen (secondary N) is 1. The van der Waals surface area contributed by atoms with E-state index in [0.717, 1.165) is 27.8 Å². The lowest BCUT2D eigenvalue weighted by molar-refractivity contribution is -0.158. The SMILES string of the molecule is CCC(NC(=O)c1ccccc1)(Oc1ccc(OCc2c(C)cccc2C)c(C)c1C)C(=O)O. The molecule has 0 saturated heterocycles. The molecule has 0 saturated carbocycles. The van der Waals surface area contributed by atoms with Crippen molar-refractivity contribution in [1.82, 2.24) is 5.32 Å². The van der Waals surface area contributed by atoms with Crippen molar-refractivity contribution in [2.45, 2.75) is 53.4 Å². The third kappa shape index (κ3) is 5.22. The molecule has 6 nitrogen and oxygen atoms in total. The summed E-state index contributed by atoms with van der Waals surface area (Å²) < 4.78 is 12.1. The molecule has 0 bridgehead atoms. The summed E-state index contributed by atoms with van der Waals surface area (Å²) in [6, 6.07) is 18.1. The number of rotatable bonds is 9. The smallest absolute Gasteiger partial charge is 0.370 e. The number of carboxylic acid groups (broad SMARTS) is 1. The van der Waals surface area contributed by atoms with Gasteiger partial charge in [0.05, 0.1) is 0 Å². The first-order valence-electron chi connectivity index (χ1n) is 11.3. The summed E-state index contributed by atoms with van der Waals surface area (Å²) in [6.07, 6.45) is 0.0320. The van der Waals surface area contributed by atoms with Crippen LogP contribution in [0, 0.1) is 27.7 Å². The summed E-state index contributed by atoms with van der Waals surface area (Å²) in [5, 5.41) is 12.6. The van der Waals surface area contributed by atoms with Crippen molar-refractivity contribution in [3.05, 3.63) is 94.0 Å². The van der Waals surface area contributed by atoms with Gasteiger partial charge in [-0.05, 0) is 79.8 Å². The number of hydrogen-bond donors (Lipinski definition) is 2. The molecule has 0 aliphatic heterocycles. The van der Waals surface area contributed by atoms with Crippen molar-refractivity contribution in [3.8, 4) is 11.5 Å². The van der Waals surface area contributed by atoms with Gasteiger partial charge in [-0.2, -0.15) is 0 Å². The lowest BCUT2D eigenvalue weighted by Crippen LogP contribution is -2.58. The maximum atomic E-state index is 12.7. The van der Waals surface area contributed by atoms with Crippen LogP contribution < -0.4 is 14.8 Å². The molecular weight excluding hydrogens is 430 g/mol. The Morgan fingerprint density at radius 2 is 1.44 bits per heavy atom. The fraction of sp³-hybridized carbons (Fsp3) is 0.286. The van der Waals surface area contributed by atoms with Gasteiger partial charge in [-0.15, -0.1) is 0 Å². The van der Waals surface area contributed by atoms with Crippen molar-refractivity contribution in [1.29, 1.82) is 0 Å². The normalized spacial score (nSPS) is 12.5. The van der Waals surface area contributed by atoms with Crippen LogP contribution in [0.2, 0.25) is 0 Å². The minimum Gasteiger partial charge on any atom is -0.489 e. The van der Waals surface area contributed by atoms with Crippen molar-refractivity contribution in [2.24, 2.45) is 0 Å². The molecule has 0 heterocycles. The van der Waals surface area contributed by atoms with Crippen LogP contribution in [0.15, 0.2) is 60.7 Å². The predicted molar refractivity (Wildman–Crippen MR) is 131 cm³/mol. The quantitative estimate of drug-likeness (QED) is 0.411. The van der Waals surface area contributed by atoms with E-state index in [9.17, 15) is 14.7 Å². The molecule has 0 aromatic heterocycles. The second kappa shape index (κ2) is 10.4. The van der Waals surface area contributed by atoms with E-state index < -0.39 is 17.6 Å². The minimum atomic E-state index is -1.91. The summed E-state index contributed by atoms with van der Waals surface area (Å²) in [4.78, 5) is 25.0. The molecule has 0 aliphatic rings. The van der Waals surface area contributed by atoms with Crippen molar-refractivity contribution in [2.75, 3.05) is 0 Å². The van der Waals surface area contributed by atoms with Crippen LogP contribution in [0.4, 0.5) is 0 Å². The van der Waals surface area contributed by atoms with Gasteiger partial charge >= 0.3 is 5.97 Å². The Labute approximate surface area is 200 Å². The summed E-state index contributed by atoms with van der Waals surface area (Å²) in [5.41, 5.74) is 3.49. The largest absolute Gasteiger partial charge is 0.489 e. The summed E-state index contributed by atoms with van der Waals surface area (Å²) in [7, 11) is 0. The van der Waals surface area contributed by atoms with Gasteiger partial charge < -0.3 is 19.9 Å². The van der Waals surface area contributed by atoms with E-state index in [4.69, 9.17) is 9.47 Å². The maximum Gasteiger partial charge on any atom is 0.370 e. The number of aliphatic carboxylic acids is 1. The van der Waals surface area contributed by atoms with E-state index in [-0.39, 0.29) is 6.42 Å². The van der Waals surface area contributed by atoms with Gasteiger partial charge in [0.25, 0.3) is 11.6 Å². The minimum absolute atomic E-state index is 0.0320. The zero-order valence-electron chi connectivity index (χ0n) is 20.3. The molecule has 34 heavy (non-hydrogen) atoms. The van der Waals surface area contributed by atoms with Crippen molar-refractivity contribution < 1.29 is 24.2 Å². The molecule has 178 valence electrons. The van der Waals surface area contributed by atoms with E-state index in [2.05, 4.69) is 31.3 Å². The Hall–Kier alpha value is -3.80. The highest BCUT2D eigenvalue weighted by Gasteiger charge is 2.42. The second-order valence-electron chi connectivity index (χ2n) is 8.38. The first-order chi connectivity index (χ1) is 16.2. The van der Waals surface area contributed by atoms with Crippen LogP contribution >= 0.6 is 0 Å². The van der Waals surface area contributed by atoms with Gasteiger partial charge in [0, 0.05) is 12.0 Å². The number of carbonyl (C=O) groups is 2. The summed E-state index contributed by atoms with van der Waals surface area (Å²) >= 11 is 0. The van der Waals surface area contributed by atoms with Gasteiger partial charge in [0.15, 0.2) is 0 Å². The molecule has 3 aromatic carbocycles. The molecule has 6 heteroatoms. The zero-order valence-corrected chi connectivity index (χ0v) is 20.3. The second-order valence-corrected chi connectivity index (χ2v) is 8.38.